The number of fused-ring (bicyclic) bond motifs is 1. The van der Waals surface area contributed by atoms with Crippen LogP contribution in [-0.4, -0.2) is 39.2 Å². The van der Waals surface area contributed by atoms with E-state index in [9.17, 15) is 4.79 Å². The predicted octanol–water partition coefficient (Wildman–Crippen LogP) is 3.43. The second-order valence-electron chi connectivity index (χ2n) is 5.33. The maximum absolute atomic E-state index is 13.0. The molecule has 0 saturated heterocycles. The fraction of sp³-hybridized carbons (Fsp3) is 0.211. The van der Waals surface area contributed by atoms with Crippen molar-refractivity contribution in [3.63, 3.8) is 0 Å². The number of H-pyrrole nitrogens is 1. The molecule has 6 heteroatoms. The molecule has 0 spiro atoms. The Morgan fingerprint density at radius 2 is 1.52 bits per heavy atom. The molecule has 0 unspecified atom stereocenters. The number of methoxy groups -OCH3 is 4. The molecule has 0 bridgehead atoms. The summed E-state index contributed by atoms with van der Waals surface area (Å²) in [6, 6.07) is 8.85. The summed E-state index contributed by atoms with van der Waals surface area (Å²) in [4.78, 5) is 16.1. The van der Waals surface area contributed by atoms with Crippen molar-refractivity contribution in [3.05, 3.63) is 47.7 Å². The topological polar surface area (TPSA) is 69.8 Å². The van der Waals surface area contributed by atoms with E-state index in [1.165, 1.54) is 21.3 Å². The second kappa shape index (κ2) is 6.76. The molecule has 0 aliphatic heterocycles. The van der Waals surface area contributed by atoms with Gasteiger partial charge in [0.2, 0.25) is 5.75 Å². The summed E-state index contributed by atoms with van der Waals surface area (Å²) in [5, 5.41) is 0.790. The van der Waals surface area contributed by atoms with E-state index in [1.807, 2.05) is 18.2 Å². The van der Waals surface area contributed by atoms with Crippen LogP contribution in [0.15, 0.2) is 36.5 Å². The van der Waals surface area contributed by atoms with E-state index < -0.39 is 0 Å². The Morgan fingerprint density at radius 1 is 0.880 bits per heavy atom. The number of ketones is 1. The van der Waals surface area contributed by atoms with Gasteiger partial charge in [-0.25, -0.2) is 0 Å². The van der Waals surface area contributed by atoms with E-state index in [-0.39, 0.29) is 5.78 Å². The van der Waals surface area contributed by atoms with Crippen LogP contribution in [0.2, 0.25) is 0 Å². The summed E-state index contributed by atoms with van der Waals surface area (Å²) in [6.07, 6.45) is 1.68. The molecular formula is C19H19NO5. The van der Waals surface area contributed by atoms with Crippen molar-refractivity contribution >= 4 is 16.7 Å². The van der Waals surface area contributed by atoms with Gasteiger partial charge in [-0.15, -0.1) is 0 Å². The number of rotatable bonds is 6. The third kappa shape index (κ3) is 2.76. The van der Waals surface area contributed by atoms with Crippen LogP contribution < -0.4 is 18.9 Å². The minimum absolute atomic E-state index is 0.154. The first-order valence-corrected chi connectivity index (χ1v) is 7.63. The van der Waals surface area contributed by atoms with Crippen molar-refractivity contribution in [2.24, 2.45) is 0 Å². The fourth-order valence-corrected chi connectivity index (χ4v) is 2.85. The summed E-state index contributed by atoms with van der Waals surface area (Å²) < 4.78 is 21.3. The first-order chi connectivity index (χ1) is 12.1. The monoisotopic (exact) mass is 341 g/mol. The van der Waals surface area contributed by atoms with Crippen molar-refractivity contribution in [3.8, 4) is 23.0 Å². The lowest BCUT2D eigenvalue weighted by molar-refractivity contribution is 0.103. The number of aromatic amines is 1. The molecule has 0 atom stereocenters. The highest BCUT2D eigenvalue weighted by Crippen LogP contribution is 2.39. The van der Waals surface area contributed by atoms with Gasteiger partial charge >= 0.3 is 0 Å². The van der Waals surface area contributed by atoms with Gasteiger partial charge in [-0.05, 0) is 18.2 Å². The minimum atomic E-state index is -0.154. The van der Waals surface area contributed by atoms with Crippen LogP contribution in [0.5, 0.6) is 23.0 Å². The zero-order valence-corrected chi connectivity index (χ0v) is 14.5. The SMILES string of the molecule is COc1cc(C(=O)c2c[nH]c3c(OC)cccc23)cc(OC)c1OC. The van der Waals surface area contributed by atoms with Crippen LogP contribution in [0.25, 0.3) is 10.9 Å². The van der Waals surface area contributed by atoms with Gasteiger partial charge < -0.3 is 23.9 Å². The number of benzene rings is 2. The van der Waals surface area contributed by atoms with E-state index in [1.54, 1.807) is 25.4 Å². The van der Waals surface area contributed by atoms with E-state index in [2.05, 4.69) is 4.98 Å². The van der Waals surface area contributed by atoms with Gasteiger partial charge in [0.15, 0.2) is 17.3 Å². The molecule has 0 amide bonds. The van der Waals surface area contributed by atoms with Gasteiger partial charge in [0.05, 0.1) is 34.0 Å². The molecule has 0 aliphatic rings. The molecule has 3 aromatic rings. The average molecular weight is 341 g/mol. The van der Waals surface area contributed by atoms with Gasteiger partial charge in [0, 0.05) is 22.7 Å². The molecule has 0 aliphatic carbocycles. The van der Waals surface area contributed by atoms with Crippen molar-refractivity contribution < 1.29 is 23.7 Å². The molecule has 2 aromatic carbocycles. The van der Waals surface area contributed by atoms with Gasteiger partial charge in [-0.1, -0.05) is 12.1 Å². The maximum atomic E-state index is 13.0. The number of hydrogen-bond donors (Lipinski definition) is 1. The van der Waals surface area contributed by atoms with E-state index in [0.717, 1.165) is 10.9 Å². The maximum Gasteiger partial charge on any atom is 0.203 e. The first kappa shape index (κ1) is 16.7. The Balaban J connectivity index is 2.13. The van der Waals surface area contributed by atoms with E-state index >= 15 is 0 Å². The number of nitrogens with one attached hydrogen (secondary N) is 1. The van der Waals surface area contributed by atoms with Crippen LogP contribution in [0.3, 0.4) is 0 Å². The number of hydrogen-bond acceptors (Lipinski definition) is 5. The van der Waals surface area contributed by atoms with Gasteiger partial charge in [-0.2, -0.15) is 0 Å². The second-order valence-corrected chi connectivity index (χ2v) is 5.33. The Labute approximate surface area is 145 Å². The van der Waals surface area contributed by atoms with Crippen molar-refractivity contribution in [2.75, 3.05) is 28.4 Å². The fourth-order valence-electron chi connectivity index (χ4n) is 2.85. The van der Waals surface area contributed by atoms with Crippen LogP contribution >= 0.6 is 0 Å². The first-order valence-electron chi connectivity index (χ1n) is 7.63. The zero-order valence-electron chi connectivity index (χ0n) is 14.5. The van der Waals surface area contributed by atoms with Crippen molar-refractivity contribution in [1.82, 2.24) is 4.98 Å². The van der Waals surface area contributed by atoms with Crippen molar-refractivity contribution in [2.45, 2.75) is 0 Å². The molecule has 0 fully saturated rings. The van der Waals surface area contributed by atoms with E-state index in [4.69, 9.17) is 18.9 Å². The molecule has 3 rings (SSSR count). The number of aromatic nitrogens is 1. The predicted molar refractivity (Wildman–Crippen MR) is 94.4 cm³/mol. The Hall–Kier alpha value is -3.15. The Kier molecular flexibility index (Phi) is 4.52. The Morgan fingerprint density at radius 3 is 2.08 bits per heavy atom. The molecule has 1 heterocycles. The molecule has 0 saturated carbocycles. The molecule has 6 nitrogen and oxygen atoms in total. The highest BCUT2D eigenvalue weighted by atomic mass is 16.5. The lowest BCUT2D eigenvalue weighted by atomic mass is 10.0. The number of carbonyl (C=O) groups is 1. The normalized spacial score (nSPS) is 10.6. The lowest BCUT2D eigenvalue weighted by Gasteiger charge is -2.13. The third-order valence-electron chi connectivity index (χ3n) is 4.07. The largest absolute Gasteiger partial charge is 0.495 e. The molecule has 25 heavy (non-hydrogen) atoms. The molecule has 130 valence electrons. The van der Waals surface area contributed by atoms with Crippen LogP contribution in [-0.2, 0) is 0 Å². The minimum Gasteiger partial charge on any atom is -0.495 e. The number of ether oxygens (including phenoxy) is 4. The molecule has 0 radical (unpaired) electrons. The third-order valence-corrected chi connectivity index (χ3v) is 4.07. The summed E-state index contributed by atoms with van der Waals surface area (Å²) in [7, 11) is 6.15. The van der Waals surface area contributed by atoms with Crippen LogP contribution in [0, 0.1) is 0 Å². The highest BCUT2D eigenvalue weighted by Gasteiger charge is 2.20. The van der Waals surface area contributed by atoms with Crippen LogP contribution in [0.1, 0.15) is 15.9 Å². The standard InChI is InChI=1S/C19H19NO5/c1-22-14-7-5-6-12-13(10-20-17(12)14)18(21)11-8-15(23-2)19(25-4)16(9-11)24-3/h5-10,20H,1-4H3. The van der Waals surface area contributed by atoms with Crippen LogP contribution in [0.4, 0.5) is 0 Å². The van der Waals surface area contributed by atoms with Gasteiger partial charge in [-0.3, -0.25) is 4.79 Å². The molecule has 1 aromatic heterocycles. The van der Waals surface area contributed by atoms with Crippen molar-refractivity contribution in [1.29, 1.82) is 0 Å². The van der Waals surface area contributed by atoms with E-state index in [0.29, 0.717) is 34.1 Å². The van der Waals surface area contributed by atoms with Gasteiger partial charge in [0.25, 0.3) is 0 Å². The Bertz CT molecular complexity index is 904. The molecule has 1 N–H and O–H groups in total. The summed E-state index contributed by atoms with van der Waals surface area (Å²) in [5.41, 5.74) is 1.77. The number of para-hydroxylation sites is 1. The smallest absolute Gasteiger partial charge is 0.203 e. The lowest BCUT2D eigenvalue weighted by Crippen LogP contribution is -2.03. The highest BCUT2D eigenvalue weighted by molar-refractivity contribution is 6.17. The average Bonchev–Trinajstić information content (AvgIpc) is 3.10. The summed E-state index contributed by atoms with van der Waals surface area (Å²) in [5.74, 6) is 1.84. The number of carbonyl (C=O) groups excluding carboxylic acids is 1. The summed E-state index contributed by atoms with van der Waals surface area (Å²) in [6.45, 7) is 0. The summed E-state index contributed by atoms with van der Waals surface area (Å²) >= 11 is 0. The van der Waals surface area contributed by atoms with Gasteiger partial charge in [0.1, 0.15) is 5.75 Å². The zero-order chi connectivity index (χ0) is 18.0. The molecular weight excluding hydrogens is 322 g/mol. The quantitative estimate of drug-likeness (QED) is 0.696.